The zero-order valence-electron chi connectivity index (χ0n) is 12.9. The van der Waals surface area contributed by atoms with Crippen molar-refractivity contribution in [2.75, 3.05) is 7.11 Å². The fourth-order valence-corrected chi connectivity index (χ4v) is 2.47. The number of nitrogens with zero attached hydrogens (tertiary/aromatic N) is 2. The fourth-order valence-electron chi connectivity index (χ4n) is 2.47. The van der Waals surface area contributed by atoms with Crippen molar-refractivity contribution in [3.05, 3.63) is 72.1 Å². The lowest BCUT2D eigenvalue weighted by Crippen LogP contribution is -1.97. The number of aromatic carboxylic acids is 1. The van der Waals surface area contributed by atoms with E-state index in [9.17, 15) is 10.1 Å². The summed E-state index contributed by atoms with van der Waals surface area (Å²) in [5, 5.41) is 18.4. The van der Waals surface area contributed by atoms with Gasteiger partial charge in [-0.2, -0.15) is 5.26 Å². The number of carboxylic acid groups (broad SMARTS) is 1. The highest BCUT2D eigenvalue weighted by molar-refractivity contribution is 5.87. The molecule has 2 aromatic carbocycles. The first-order valence-corrected chi connectivity index (χ1v) is 7.22. The summed E-state index contributed by atoms with van der Waals surface area (Å²) in [4.78, 5) is 10.9. The SMILES string of the molecule is COc1ccc(-c2cn(-c3ccc(C(=O)O)cc3)cc2C#N)cc1. The Labute approximate surface area is 139 Å². The second-order valence-electron chi connectivity index (χ2n) is 5.19. The molecule has 1 heterocycles. The van der Waals surface area contributed by atoms with Gasteiger partial charge in [0.2, 0.25) is 0 Å². The molecule has 5 nitrogen and oxygen atoms in total. The Morgan fingerprint density at radius 2 is 1.75 bits per heavy atom. The van der Waals surface area contributed by atoms with Crippen LogP contribution in [0.4, 0.5) is 0 Å². The van der Waals surface area contributed by atoms with Gasteiger partial charge in [-0.15, -0.1) is 0 Å². The Kier molecular flexibility index (Phi) is 4.04. The van der Waals surface area contributed by atoms with E-state index < -0.39 is 5.97 Å². The van der Waals surface area contributed by atoms with Crippen LogP contribution in [-0.2, 0) is 0 Å². The number of methoxy groups -OCH3 is 1. The van der Waals surface area contributed by atoms with Gasteiger partial charge in [-0.1, -0.05) is 12.1 Å². The maximum atomic E-state index is 10.9. The molecular weight excluding hydrogens is 304 g/mol. The van der Waals surface area contributed by atoms with Crippen LogP contribution in [0.5, 0.6) is 5.75 Å². The van der Waals surface area contributed by atoms with Gasteiger partial charge in [-0.25, -0.2) is 4.79 Å². The van der Waals surface area contributed by atoms with E-state index in [1.807, 2.05) is 35.0 Å². The molecule has 24 heavy (non-hydrogen) atoms. The second-order valence-corrected chi connectivity index (χ2v) is 5.19. The first-order chi connectivity index (χ1) is 11.6. The standard InChI is InChI=1S/C19H14N2O3/c1-24-17-8-4-13(5-9-17)18-12-21(11-15(18)10-20)16-6-2-14(3-7-16)19(22)23/h2-9,11-12H,1H3,(H,22,23). The Morgan fingerprint density at radius 1 is 1.08 bits per heavy atom. The molecule has 0 unspecified atom stereocenters. The van der Waals surface area contributed by atoms with Gasteiger partial charge in [0.15, 0.2) is 0 Å². The molecule has 0 fully saturated rings. The molecule has 0 amide bonds. The number of rotatable bonds is 4. The third kappa shape index (κ3) is 2.85. The molecule has 118 valence electrons. The molecule has 0 aliphatic rings. The molecule has 3 rings (SSSR count). The molecule has 5 heteroatoms. The summed E-state index contributed by atoms with van der Waals surface area (Å²) in [5.74, 6) is -0.216. The maximum absolute atomic E-state index is 10.9. The van der Waals surface area contributed by atoms with Crippen LogP contribution in [0, 0.1) is 11.3 Å². The van der Waals surface area contributed by atoms with Crippen LogP contribution in [0.2, 0.25) is 0 Å². The average molecular weight is 318 g/mol. The summed E-state index contributed by atoms with van der Waals surface area (Å²) in [5.41, 5.74) is 3.27. The number of ether oxygens (including phenoxy) is 1. The van der Waals surface area contributed by atoms with E-state index in [1.54, 1.807) is 25.4 Å². The van der Waals surface area contributed by atoms with Crippen molar-refractivity contribution in [2.24, 2.45) is 0 Å². The van der Waals surface area contributed by atoms with Gasteiger partial charge >= 0.3 is 5.97 Å². The summed E-state index contributed by atoms with van der Waals surface area (Å²) in [6, 6.07) is 16.2. The summed E-state index contributed by atoms with van der Waals surface area (Å²) >= 11 is 0. The van der Waals surface area contributed by atoms with Crippen LogP contribution in [0.1, 0.15) is 15.9 Å². The molecule has 0 aliphatic heterocycles. The third-order valence-corrected chi connectivity index (χ3v) is 3.76. The van der Waals surface area contributed by atoms with E-state index in [2.05, 4.69) is 6.07 Å². The quantitative estimate of drug-likeness (QED) is 0.795. The lowest BCUT2D eigenvalue weighted by Gasteiger charge is -2.04. The van der Waals surface area contributed by atoms with Crippen LogP contribution >= 0.6 is 0 Å². The topological polar surface area (TPSA) is 75.2 Å². The first kappa shape index (κ1) is 15.4. The molecule has 0 aliphatic carbocycles. The van der Waals surface area contributed by atoms with Crippen molar-refractivity contribution in [2.45, 2.75) is 0 Å². The smallest absolute Gasteiger partial charge is 0.335 e. The maximum Gasteiger partial charge on any atom is 0.335 e. The minimum atomic E-state index is -0.967. The number of hydrogen-bond acceptors (Lipinski definition) is 3. The molecule has 0 atom stereocenters. The third-order valence-electron chi connectivity index (χ3n) is 3.76. The van der Waals surface area contributed by atoms with E-state index in [0.29, 0.717) is 5.56 Å². The van der Waals surface area contributed by atoms with Gasteiger partial charge in [0.05, 0.1) is 18.2 Å². The molecule has 1 N–H and O–H groups in total. The van der Waals surface area contributed by atoms with Crippen LogP contribution in [0.15, 0.2) is 60.9 Å². The number of carboxylic acids is 1. The summed E-state index contributed by atoms with van der Waals surface area (Å²) in [6.07, 6.45) is 3.59. The Bertz CT molecular complexity index is 917. The molecular formula is C19H14N2O3. The highest BCUT2D eigenvalue weighted by atomic mass is 16.5. The minimum Gasteiger partial charge on any atom is -0.497 e. The van der Waals surface area contributed by atoms with Gasteiger partial charge in [0, 0.05) is 23.6 Å². The summed E-state index contributed by atoms with van der Waals surface area (Å²) < 4.78 is 6.96. The molecule has 0 saturated heterocycles. The van der Waals surface area contributed by atoms with Crippen molar-refractivity contribution in [1.82, 2.24) is 4.57 Å². The Balaban J connectivity index is 2.00. The van der Waals surface area contributed by atoms with Gasteiger partial charge in [0.25, 0.3) is 0 Å². The molecule has 0 radical (unpaired) electrons. The van der Waals surface area contributed by atoms with Gasteiger partial charge in [0.1, 0.15) is 11.8 Å². The normalized spacial score (nSPS) is 10.2. The van der Waals surface area contributed by atoms with Gasteiger partial charge in [-0.05, 0) is 42.0 Å². The minimum absolute atomic E-state index is 0.224. The van der Waals surface area contributed by atoms with E-state index in [1.165, 1.54) is 12.1 Å². The number of nitriles is 1. The molecule has 0 bridgehead atoms. The second kappa shape index (κ2) is 6.31. The van der Waals surface area contributed by atoms with Crippen molar-refractivity contribution in [3.63, 3.8) is 0 Å². The van der Waals surface area contributed by atoms with Gasteiger partial charge < -0.3 is 14.4 Å². The van der Waals surface area contributed by atoms with Crippen LogP contribution in [0.25, 0.3) is 16.8 Å². The van der Waals surface area contributed by atoms with Crippen LogP contribution < -0.4 is 4.74 Å². The average Bonchev–Trinajstić information content (AvgIpc) is 3.06. The van der Waals surface area contributed by atoms with Crippen molar-refractivity contribution >= 4 is 5.97 Å². The van der Waals surface area contributed by atoms with E-state index in [-0.39, 0.29) is 5.56 Å². The summed E-state index contributed by atoms with van der Waals surface area (Å²) in [7, 11) is 1.60. The summed E-state index contributed by atoms with van der Waals surface area (Å²) in [6.45, 7) is 0. The number of hydrogen-bond donors (Lipinski definition) is 1. The fraction of sp³-hybridized carbons (Fsp3) is 0.0526. The van der Waals surface area contributed by atoms with Crippen molar-refractivity contribution < 1.29 is 14.6 Å². The molecule has 0 saturated carbocycles. The first-order valence-electron chi connectivity index (χ1n) is 7.22. The van der Waals surface area contributed by atoms with Crippen LogP contribution in [-0.4, -0.2) is 22.8 Å². The van der Waals surface area contributed by atoms with Gasteiger partial charge in [-0.3, -0.25) is 0 Å². The zero-order chi connectivity index (χ0) is 17.1. The lowest BCUT2D eigenvalue weighted by molar-refractivity contribution is 0.0697. The van der Waals surface area contributed by atoms with Crippen LogP contribution in [0.3, 0.4) is 0 Å². The van der Waals surface area contributed by atoms with Crippen molar-refractivity contribution in [1.29, 1.82) is 5.26 Å². The number of carbonyl (C=O) groups is 1. The van der Waals surface area contributed by atoms with E-state index in [0.717, 1.165) is 22.6 Å². The molecule has 0 spiro atoms. The highest BCUT2D eigenvalue weighted by Gasteiger charge is 2.11. The predicted octanol–water partition coefficient (Wildman–Crippen LogP) is 3.72. The largest absolute Gasteiger partial charge is 0.497 e. The van der Waals surface area contributed by atoms with E-state index >= 15 is 0 Å². The number of benzene rings is 2. The zero-order valence-corrected chi connectivity index (χ0v) is 12.9. The molecule has 3 aromatic rings. The predicted molar refractivity (Wildman–Crippen MR) is 89.4 cm³/mol. The lowest BCUT2D eigenvalue weighted by atomic mass is 10.1. The highest BCUT2D eigenvalue weighted by Crippen LogP contribution is 2.28. The van der Waals surface area contributed by atoms with E-state index in [4.69, 9.17) is 9.84 Å². The number of aromatic nitrogens is 1. The molecule has 1 aromatic heterocycles. The van der Waals surface area contributed by atoms with Crippen molar-refractivity contribution in [3.8, 4) is 28.6 Å². The monoisotopic (exact) mass is 318 g/mol. The Hall–Kier alpha value is -3.52. The Morgan fingerprint density at radius 3 is 2.29 bits per heavy atom.